The molecule has 6 heteroatoms. The minimum atomic E-state index is 0.543. The van der Waals surface area contributed by atoms with Crippen molar-refractivity contribution in [3.8, 4) is 17.4 Å². The number of para-hydroxylation sites is 2. The molecule has 0 aliphatic rings. The molecule has 0 aliphatic heterocycles. The lowest BCUT2D eigenvalue weighted by Gasteiger charge is -2.11. The van der Waals surface area contributed by atoms with E-state index in [4.69, 9.17) is 9.47 Å². The number of ether oxygens (including phenoxy) is 2. The summed E-state index contributed by atoms with van der Waals surface area (Å²) in [5.41, 5.74) is 3.34. The zero-order valence-electron chi connectivity index (χ0n) is 14.5. The predicted octanol–water partition coefficient (Wildman–Crippen LogP) is 3.59. The Balaban J connectivity index is 1.56. The van der Waals surface area contributed by atoms with Crippen molar-refractivity contribution in [2.45, 2.75) is 26.9 Å². The standard InChI is InChI=1S/C19H22N4O2/c1-3-24-17-6-4-5-7-18(17)25-19-9-8-15(11-21-19)10-20-12-16-13-22-23-14(16)2/h4-9,11,13,20H,3,10,12H2,1-2H3,(H,22,23). The fraction of sp³-hybridized carbons (Fsp3) is 0.263. The molecule has 2 heterocycles. The van der Waals surface area contributed by atoms with Gasteiger partial charge < -0.3 is 14.8 Å². The number of hydrogen-bond acceptors (Lipinski definition) is 5. The average molecular weight is 338 g/mol. The second kappa shape index (κ2) is 8.30. The van der Waals surface area contributed by atoms with Crippen LogP contribution < -0.4 is 14.8 Å². The van der Waals surface area contributed by atoms with Crippen molar-refractivity contribution in [2.75, 3.05) is 6.61 Å². The van der Waals surface area contributed by atoms with Gasteiger partial charge >= 0.3 is 0 Å². The van der Waals surface area contributed by atoms with E-state index in [2.05, 4.69) is 20.5 Å². The molecule has 0 fully saturated rings. The SMILES string of the molecule is CCOc1ccccc1Oc1ccc(CNCc2cn[nH]c2C)cn1. The van der Waals surface area contributed by atoms with Gasteiger partial charge in [0.1, 0.15) is 0 Å². The van der Waals surface area contributed by atoms with Crippen molar-refractivity contribution < 1.29 is 9.47 Å². The van der Waals surface area contributed by atoms with Gasteiger partial charge in [-0.1, -0.05) is 18.2 Å². The number of nitrogens with zero attached hydrogens (tertiary/aromatic N) is 2. The van der Waals surface area contributed by atoms with Crippen LogP contribution in [0.25, 0.3) is 0 Å². The Labute approximate surface area is 147 Å². The third kappa shape index (κ3) is 4.58. The van der Waals surface area contributed by atoms with Crippen molar-refractivity contribution in [3.05, 3.63) is 65.6 Å². The molecule has 25 heavy (non-hydrogen) atoms. The third-order valence-corrected chi connectivity index (χ3v) is 3.74. The van der Waals surface area contributed by atoms with Gasteiger partial charge in [0.15, 0.2) is 11.5 Å². The van der Waals surface area contributed by atoms with Gasteiger partial charge in [0, 0.05) is 36.6 Å². The molecule has 130 valence electrons. The van der Waals surface area contributed by atoms with E-state index in [0.29, 0.717) is 24.0 Å². The lowest BCUT2D eigenvalue weighted by atomic mass is 10.2. The molecule has 0 aliphatic carbocycles. The molecular weight excluding hydrogens is 316 g/mol. The first-order valence-electron chi connectivity index (χ1n) is 8.30. The molecular formula is C19H22N4O2. The van der Waals surface area contributed by atoms with Gasteiger partial charge in [0.2, 0.25) is 5.88 Å². The van der Waals surface area contributed by atoms with Crippen molar-refractivity contribution in [1.82, 2.24) is 20.5 Å². The van der Waals surface area contributed by atoms with Crippen LogP contribution in [0.3, 0.4) is 0 Å². The first-order valence-corrected chi connectivity index (χ1v) is 8.30. The Kier molecular flexibility index (Phi) is 5.64. The number of aromatic amines is 1. The van der Waals surface area contributed by atoms with Gasteiger partial charge in [-0.25, -0.2) is 4.98 Å². The maximum Gasteiger partial charge on any atom is 0.219 e. The van der Waals surface area contributed by atoms with E-state index in [-0.39, 0.29) is 0 Å². The maximum absolute atomic E-state index is 5.83. The summed E-state index contributed by atoms with van der Waals surface area (Å²) < 4.78 is 11.4. The number of aromatic nitrogens is 3. The number of rotatable bonds is 8. The van der Waals surface area contributed by atoms with Gasteiger partial charge in [-0.2, -0.15) is 5.10 Å². The molecule has 3 aromatic rings. The summed E-state index contributed by atoms with van der Waals surface area (Å²) in [4.78, 5) is 4.37. The van der Waals surface area contributed by atoms with E-state index in [1.807, 2.05) is 62.6 Å². The number of H-pyrrole nitrogens is 1. The molecule has 2 aromatic heterocycles. The summed E-state index contributed by atoms with van der Waals surface area (Å²) in [7, 11) is 0. The highest BCUT2D eigenvalue weighted by molar-refractivity contribution is 5.41. The number of hydrogen-bond donors (Lipinski definition) is 2. The second-order valence-corrected chi connectivity index (χ2v) is 5.61. The molecule has 6 nitrogen and oxygen atoms in total. The number of nitrogens with one attached hydrogen (secondary N) is 2. The highest BCUT2D eigenvalue weighted by Crippen LogP contribution is 2.30. The molecule has 0 unspecified atom stereocenters. The molecule has 0 atom stereocenters. The van der Waals surface area contributed by atoms with E-state index in [1.54, 1.807) is 0 Å². The van der Waals surface area contributed by atoms with Crippen LogP contribution in [0.5, 0.6) is 17.4 Å². The van der Waals surface area contributed by atoms with Crippen molar-refractivity contribution in [1.29, 1.82) is 0 Å². The minimum Gasteiger partial charge on any atom is -0.490 e. The summed E-state index contributed by atoms with van der Waals surface area (Å²) in [6.45, 7) is 6.05. The zero-order chi connectivity index (χ0) is 17.5. The van der Waals surface area contributed by atoms with Crippen LogP contribution in [-0.2, 0) is 13.1 Å². The number of benzene rings is 1. The first kappa shape index (κ1) is 17.0. The second-order valence-electron chi connectivity index (χ2n) is 5.61. The molecule has 2 N–H and O–H groups in total. The molecule has 0 saturated carbocycles. The van der Waals surface area contributed by atoms with Crippen LogP contribution in [-0.4, -0.2) is 21.8 Å². The topological polar surface area (TPSA) is 72.1 Å². The molecule has 0 amide bonds. The Morgan fingerprint density at radius 1 is 1.04 bits per heavy atom. The summed E-state index contributed by atoms with van der Waals surface area (Å²) in [5, 5.41) is 10.3. The monoisotopic (exact) mass is 338 g/mol. The molecule has 0 bridgehead atoms. The molecule has 1 aromatic carbocycles. The summed E-state index contributed by atoms with van der Waals surface area (Å²) >= 11 is 0. The average Bonchev–Trinajstić information content (AvgIpc) is 3.03. The van der Waals surface area contributed by atoms with Gasteiger partial charge in [0.05, 0.1) is 12.8 Å². The first-order chi connectivity index (χ1) is 12.3. The quantitative estimate of drug-likeness (QED) is 0.657. The Bertz CT molecular complexity index is 799. The number of pyridine rings is 1. The van der Waals surface area contributed by atoms with E-state index in [1.165, 1.54) is 5.56 Å². The van der Waals surface area contributed by atoms with Gasteiger partial charge in [-0.15, -0.1) is 0 Å². The smallest absolute Gasteiger partial charge is 0.219 e. The van der Waals surface area contributed by atoms with E-state index >= 15 is 0 Å². The van der Waals surface area contributed by atoms with Crippen LogP contribution in [0.15, 0.2) is 48.8 Å². The lowest BCUT2D eigenvalue weighted by molar-refractivity contribution is 0.319. The predicted molar refractivity (Wildman–Crippen MR) is 95.8 cm³/mol. The van der Waals surface area contributed by atoms with Gasteiger partial charge in [-0.3, -0.25) is 5.10 Å². The Morgan fingerprint density at radius 3 is 2.56 bits per heavy atom. The van der Waals surface area contributed by atoms with Crippen LogP contribution in [0.4, 0.5) is 0 Å². The highest BCUT2D eigenvalue weighted by Gasteiger charge is 2.06. The summed E-state index contributed by atoms with van der Waals surface area (Å²) in [6.07, 6.45) is 3.65. The molecule has 3 rings (SSSR count). The Hall–Kier alpha value is -2.86. The molecule has 0 radical (unpaired) electrons. The van der Waals surface area contributed by atoms with Crippen LogP contribution in [0, 0.1) is 6.92 Å². The third-order valence-electron chi connectivity index (χ3n) is 3.74. The van der Waals surface area contributed by atoms with E-state index in [9.17, 15) is 0 Å². The van der Waals surface area contributed by atoms with Crippen molar-refractivity contribution in [3.63, 3.8) is 0 Å². The van der Waals surface area contributed by atoms with Crippen molar-refractivity contribution in [2.24, 2.45) is 0 Å². The van der Waals surface area contributed by atoms with Crippen molar-refractivity contribution >= 4 is 0 Å². The fourth-order valence-corrected chi connectivity index (χ4v) is 2.39. The largest absolute Gasteiger partial charge is 0.490 e. The number of aryl methyl sites for hydroxylation is 1. The van der Waals surface area contributed by atoms with Gasteiger partial charge in [-0.05, 0) is 31.5 Å². The van der Waals surface area contributed by atoms with E-state index in [0.717, 1.165) is 24.3 Å². The minimum absolute atomic E-state index is 0.543. The van der Waals surface area contributed by atoms with Gasteiger partial charge in [0.25, 0.3) is 0 Å². The zero-order valence-corrected chi connectivity index (χ0v) is 14.5. The summed E-state index contributed by atoms with van der Waals surface area (Å²) in [5.74, 6) is 1.92. The fourth-order valence-electron chi connectivity index (χ4n) is 2.39. The van der Waals surface area contributed by atoms with Crippen LogP contribution >= 0.6 is 0 Å². The van der Waals surface area contributed by atoms with Crippen LogP contribution in [0.1, 0.15) is 23.7 Å². The maximum atomic E-state index is 5.83. The summed E-state index contributed by atoms with van der Waals surface area (Å²) in [6, 6.07) is 11.4. The van der Waals surface area contributed by atoms with E-state index < -0.39 is 0 Å². The Morgan fingerprint density at radius 2 is 1.88 bits per heavy atom. The lowest BCUT2D eigenvalue weighted by Crippen LogP contribution is -2.13. The normalized spacial score (nSPS) is 10.6. The highest BCUT2D eigenvalue weighted by atomic mass is 16.5. The van der Waals surface area contributed by atoms with Crippen LogP contribution in [0.2, 0.25) is 0 Å². The molecule has 0 spiro atoms. The molecule has 0 saturated heterocycles.